The Hall–Kier alpha value is -3.66. The Morgan fingerprint density at radius 1 is 0.971 bits per heavy atom. The molecule has 4 rings (SSSR count). The third-order valence-electron chi connectivity index (χ3n) is 5.05. The normalized spacial score (nSPS) is 11.0. The first-order valence-corrected chi connectivity index (χ1v) is 11.9. The molecule has 0 aliphatic rings. The smallest absolute Gasteiger partial charge is 0.255 e. The number of carbonyl (C=O) groups is 1. The zero-order valence-electron chi connectivity index (χ0n) is 19.8. The molecule has 0 radical (unpaired) electrons. The molecular formula is C24H27N5O4S. The Morgan fingerprint density at radius 3 is 2.26 bits per heavy atom. The second kappa shape index (κ2) is 10.1. The van der Waals surface area contributed by atoms with E-state index in [-0.39, 0.29) is 5.91 Å². The largest absolute Gasteiger partial charge is 0.490 e. The fourth-order valence-corrected chi connectivity index (χ4v) is 4.32. The Morgan fingerprint density at radius 2 is 1.65 bits per heavy atom. The number of fused-ring (bicyclic) bond motifs is 1. The van der Waals surface area contributed by atoms with E-state index >= 15 is 0 Å². The van der Waals surface area contributed by atoms with Crippen molar-refractivity contribution in [2.45, 2.75) is 34.6 Å². The molecule has 0 bridgehead atoms. The van der Waals surface area contributed by atoms with Gasteiger partial charge in [-0.15, -0.1) is 10.2 Å². The van der Waals surface area contributed by atoms with Crippen molar-refractivity contribution in [3.05, 3.63) is 47.3 Å². The monoisotopic (exact) mass is 481 g/mol. The van der Waals surface area contributed by atoms with Gasteiger partial charge in [0, 0.05) is 16.8 Å². The van der Waals surface area contributed by atoms with Crippen LogP contribution in [-0.4, -0.2) is 45.5 Å². The average molecular weight is 482 g/mol. The molecule has 10 heteroatoms. The molecular weight excluding hydrogens is 454 g/mol. The van der Waals surface area contributed by atoms with Crippen LogP contribution in [0.15, 0.2) is 30.3 Å². The van der Waals surface area contributed by atoms with Gasteiger partial charge in [0.15, 0.2) is 17.3 Å². The molecule has 9 nitrogen and oxygen atoms in total. The lowest BCUT2D eigenvalue weighted by atomic mass is 10.1. The van der Waals surface area contributed by atoms with Crippen molar-refractivity contribution in [1.29, 1.82) is 0 Å². The second-order valence-electron chi connectivity index (χ2n) is 7.43. The van der Waals surface area contributed by atoms with Crippen LogP contribution >= 0.6 is 11.3 Å². The first kappa shape index (κ1) is 23.5. The van der Waals surface area contributed by atoms with Crippen LogP contribution in [0.4, 0.5) is 5.69 Å². The number of hydrogen-bond acceptors (Lipinski definition) is 8. The number of aryl methyl sites for hydroxylation is 2. The van der Waals surface area contributed by atoms with Gasteiger partial charge in [0.05, 0.1) is 19.8 Å². The van der Waals surface area contributed by atoms with E-state index in [1.165, 1.54) is 11.3 Å². The third kappa shape index (κ3) is 4.67. The fraction of sp³-hybridized carbons (Fsp3) is 0.333. The predicted molar refractivity (Wildman–Crippen MR) is 131 cm³/mol. The zero-order valence-corrected chi connectivity index (χ0v) is 20.7. The van der Waals surface area contributed by atoms with Crippen molar-refractivity contribution in [1.82, 2.24) is 19.8 Å². The summed E-state index contributed by atoms with van der Waals surface area (Å²) in [7, 11) is 0. The lowest BCUT2D eigenvalue weighted by molar-refractivity contribution is 0.102. The summed E-state index contributed by atoms with van der Waals surface area (Å²) in [4.78, 5) is 14.0. The Balaban J connectivity index is 1.66. The highest BCUT2D eigenvalue weighted by Crippen LogP contribution is 2.39. The van der Waals surface area contributed by atoms with Crippen molar-refractivity contribution >= 4 is 27.9 Å². The van der Waals surface area contributed by atoms with Crippen LogP contribution in [0.1, 0.15) is 42.5 Å². The number of hydrogen-bond donors (Lipinski definition) is 1. The van der Waals surface area contributed by atoms with Crippen LogP contribution < -0.4 is 19.5 Å². The molecule has 2 aromatic carbocycles. The van der Waals surface area contributed by atoms with E-state index in [0.717, 1.165) is 26.9 Å². The minimum Gasteiger partial charge on any atom is -0.490 e. The molecule has 1 N–H and O–H groups in total. The van der Waals surface area contributed by atoms with Crippen LogP contribution in [0.5, 0.6) is 17.2 Å². The van der Waals surface area contributed by atoms with Gasteiger partial charge < -0.3 is 19.5 Å². The summed E-state index contributed by atoms with van der Waals surface area (Å²) in [6.45, 7) is 10.8. The number of ether oxygens (including phenoxy) is 3. The number of nitrogens with one attached hydrogen (secondary N) is 1. The number of rotatable bonds is 9. The zero-order chi connectivity index (χ0) is 24.2. The van der Waals surface area contributed by atoms with Crippen LogP contribution in [-0.2, 0) is 0 Å². The minimum atomic E-state index is -0.279. The Labute approximate surface area is 201 Å². The molecule has 0 atom stereocenters. The summed E-state index contributed by atoms with van der Waals surface area (Å²) in [5.74, 6) is 1.89. The summed E-state index contributed by atoms with van der Waals surface area (Å²) in [6.07, 6.45) is 0. The van der Waals surface area contributed by atoms with Gasteiger partial charge in [0.25, 0.3) is 5.91 Å². The molecule has 1 amide bonds. The topological polar surface area (TPSA) is 99.9 Å². The SMILES string of the molecule is CCOc1cc(C(=O)Nc2cc(-c3nn4c(C)nnc4s3)ccc2C)cc(OCC)c1OCC. The number of carbonyl (C=O) groups excluding carboxylic acids is 1. The number of amides is 1. The number of benzene rings is 2. The molecule has 0 aliphatic carbocycles. The average Bonchev–Trinajstić information content (AvgIpc) is 3.39. The van der Waals surface area contributed by atoms with Gasteiger partial charge in [-0.3, -0.25) is 4.79 Å². The summed E-state index contributed by atoms with van der Waals surface area (Å²) < 4.78 is 18.9. The number of anilines is 1. The van der Waals surface area contributed by atoms with Crippen molar-refractivity contribution in [2.75, 3.05) is 25.1 Å². The minimum absolute atomic E-state index is 0.279. The maximum absolute atomic E-state index is 13.2. The first-order chi connectivity index (χ1) is 16.4. The lowest BCUT2D eigenvalue weighted by Gasteiger charge is -2.17. The van der Waals surface area contributed by atoms with Crippen LogP contribution in [0.25, 0.3) is 15.5 Å². The number of nitrogens with zero attached hydrogens (tertiary/aromatic N) is 4. The van der Waals surface area contributed by atoms with Crippen molar-refractivity contribution in [3.63, 3.8) is 0 Å². The maximum Gasteiger partial charge on any atom is 0.255 e. The van der Waals surface area contributed by atoms with E-state index in [9.17, 15) is 4.79 Å². The molecule has 0 spiro atoms. The summed E-state index contributed by atoms with van der Waals surface area (Å²) in [5, 5.41) is 16.6. The van der Waals surface area contributed by atoms with Crippen molar-refractivity contribution in [2.24, 2.45) is 0 Å². The van der Waals surface area contributed by atoms with E-state index in [1.807, 2.05) is 52.8 Å². The van der Waals surface area contributed by atoms with Gasteiger partial charge in [0.2, 0.25) is 10.7 Å². The second-order valence-corrected chi connectivity index (χ2v) is 8.39. The highest BCUT2D eigenvalue weighted by atomic mass is 32.1. The van der Waals surface area contributed by atoms with Crippen LogP contribution in [0.3, 0.4) is 0 Å². The fourth-order valence-electron chi connectivity index (χ4n) is 3.44. The van der Waals surface area contributed by atoms with Crippen LogP contribution in [0, 0.1) is 13.8 Å². The molecule has 0 saturated carbocycles. The van der Waals surface area contributed by atoms with Crippen molar-refractivity contribution in [3.8, 4) is 27.8 Å². The molecule has 0 unspecified atom stereocenters. The molecule has 2 aromatic heterocycles. The van der Waals surface area contributed by atoms with Gasteiger partial charge in [0.1, 0.15) is 5.01 Å². The molecule has 34 heavy (non-hydrogen) atoms. The predicted octanol–water partition coefficient (Wildman–Crippen LogP) is 4.92. The lowest BCUT2D eigenvalue weighted by Crippen LogP contribution is -2.14. The molecule has 178 valence electrons. The van der Waals surface area contributed by atoms with E-state index < -0.39 is 0 Å². The Bertz CT molecular complexity index is 1300. The van der Waals surface area contributed by atoms with Gasteiger partial charge in [-0.25, -0.2) is 0 Å². The highest BCUT2D eigenvalue weighted by molar-refractivity contribution is 7.19. The summed E-state index contributed by atoms with van der Waals surface area (Å²) in [6, 6.07) is 9.20. The summed E-state index contributed by atoms with van der Waals surface area (Å²) >= 11 is 1.44. The first-order valence-electron chi connectivity index (χ1n) is 11.1. The molecule has 0 fully saturated rings. The van der Waals surface area contributed by atoms with Gasteiger partial charge in [-0.05, 0) is 58.4 Å². The van der Waals surface area contributed by atoms with Gasteiger partial charge in [-0.1, -0.05) is 23.5 Å². The van der Waals surface area contributed by atoms with Gasteiger partial charge >= 0.3 is 0 Å². The molecule has 4 aromatic rings. The van der Waals surface area contributed by atoms with Gasteiger partial charge in [-0.2, -0.15) is 9.61 Å². The van der Waals surface area contributed by atoms with E-state index in [4.69, 9.17) is 14.2 Å². The van der Waals surface area contributed by atoms with E-state index in [2.05, 4.69) is 20.6 Å². The molecule has 2 heterocycles. The van der Waals surface area contributed by atoms with Crippen molar-refractivity contribution < 1.29 is 19.0 Å². The van der Waals surface area contributed by atoms with E-state index in [0.29, 0.717) is 48.3 Å². The standard InChI is InChI=1S/C24H27N5O4S/c1-6-31-19-12-17(13-20(32-7-2)21(19)33-8-3)22(30)25-18-11-16(10-9-14(18)4)23-28-29-15(5)26-27-24(29)34-23/h9-13H,6-8H2,1-5H3,(H,25,30). The number of aromatic nitrogens is 4. The quantitative estimate of drug-likeness (QED) is 0.362. The molecule has 0 saturated heterocycles. The van der Waals surface area contributed by atoms with Crippen LogP contribution in [0.2, 0.25) is 0 Å². The summed E-state index contributed by atoms with van der Waals surface area (Å²) in [5.41, 5.74) is 2.91. The molecule has 0 aliphatic heterocycles. The maximum atomic E-state index is 13.2. The third-order valence-corrected chi connectivity index (χ3v) is 6.00. The highest BCUT2D eigenvalue weighted by Gasteiger charge is 2.19. The van der Waals surface area contributed by atoms with E-state index in [1.54, 1.807) is 16.6 Å². The Kier molecular flexibility index (Phi) is 6.97.